The van der Waals surface area contributed by atoms with Gasteiger partial charge in [0.05, 0.1) is 6.61 Å². The molecule has 0 radical (unpaired) electrons. The summed E-state index contributed by atoms with van der Waals surface area (Å²) in [5, 5.41) is 0. The Bertz CT molecular complexity index is 1480. The van der Waals surface area contributed by atoms with E-state index in [1.807, 2.05) is 0 Å². The zero-order valence-electron chi connectivity index (χ0n) is 19.2. The molecule has 0 N–H and O–H groups in total. The topological polar surface area (TPSA) is 18.5 Å². The van der Waals surface area contributed by atoms with Gasteiger partial charge in [-0.15, -0.1) is 0 Å². The van der Waals surface area contributed by atoms with Crippen molar-refractivity contribution in [3.63, 3.8) is 0 Å². The van der Waals surface area contributed by atoms with Gasteiger partial charge in [-0.1, -0.05) is 30.3 Å². The second-order valence-corrected chi connectivity index (χ2v) is 7.86. The van der Waals surface area contributed by atoms with E-state index < -0.39 is 63.7 Å². The molecule has 0 aromatic heterocycles. The van der Waals surface area contributed by atoms with Crippen molar-refractivity contribution < 1.29 is 49.0 Å². The standard InChI is InChI=1S/C27H15F9O2/c1-2-37-21-10-8-17(23(31)26(21)34)14-5-3-13(4-6-14)16-7-9-18(24(32)22(16)30)27(35,36)38-15-11-19(28)25(33)20(29)12-15/h3-12H,2H2,1H3. The van der Waals surface area contributed by atoms with Crippen molar-refractivity contribution in [1.29, 1.82) is 0 Å². The lowest BCUT2D eigenvalue weighted by molar-refractivity contribution is -0.187. The number of hydrogen-bond acceptors (Lipinski definition) is 2. The number of hydrogen-bond donors (Lipinski definition) is 0. The minimum atomic E-state index is -4.60. The Hall–Kier alpha value is -4.15. The van der Waals surface area contributed by atoms with Gasteiger partial charge in [-0.25, -0.2) is 26.3 Å². The van der Waals surface area contributed by atoms with E-state index in [-0.39, 0.29) is 41.2 Å². The molecule has 11 heteroatoms. The maximum absolute atomic E-state index is 14.8. The molecular formula is C27H15F9O2. The molecular weight excluding hydrogens is 527 g/mol. The molecule has 0 heterocycles. The van der Waals surface area contributed by atoms with Crippen molar-refractivity contribution in [1.82, 2.24) is 0 Å². The SMILES string of the molecule is CCOc1ccc(-c2ccc(-c3ccc(C(F)(F)Oc4cc(F)c(F)c(F)c4)c(F)c3F)cc2)c(F)c1F. The van der Waals surface area contributed by atoms with Crippen LogP contribution in [0, 0.1) is 40.7 Å². The van der Waals surface area contributed by atoms with Gasteiger partial charge in [-0.05, 0) is 36.2 Å². The molecule has 0 aliphatic rings. The molecule has 0 aliphatic heterocycles. The molecule has 0 bridgehead atoms. The average Bonchev–Trinajstić information content (AvgIpc) is 2.87. The maximum Gasteiger partial charge on any atom is 0.429 e. The van der Waals surface area contributed by atoms with Gasteiger partial charge in [0.15, 0.2) is 40.7 Å². The molecule has 2 nitrogen and oxygen atoms in total. The van der Waals surface area contributed by atoms with Gasteiger partial charge < -0.3 is 9.47 Å². The molecule has 4 rings (SSSR count). The van der Waals surface area contributed by atoms with Gasteiger partial charge >= 0.3 is 6.11 Å². The van der Waals surface area contributed by atoms with Crippen molar-refractivity contribution in [2.75, 3.05) is 6.61 Å². The lowest BCUT2D eigenvalue weighted by Crippen LogP contribution is -2.24. The van der Waals surface area contributed by atoms with E-state index in [2.05, 4.69) is 4.74 Å². The first-order valence-corrected chi connectivity index (χ1v) is 10.9. The van der Waals surface area contributed by atoms with Gasteiger partial charge in [0, 0.05) is 23.3 Å². The Morgan fingerprint density at radius 3 is 1.63 bits per heavy atom. The van der Waals surface area contributed by atoms with E-state index in [0.717, 1.165) is 6.07 Å². The van der Waals surface area contributed by atoms with Crippen LogP contribution < -0.4 is 9.47 Å². The van der Waals surface area contributed by atoms with Crippen LogP contribution in [0.1, 0.15) is 12.5 Å². The van der Waals surface area contributed by atoms with Crippen LogP contribution in [-0.2, 0) is 6.11 Å². The summed E-state index contributed by atoms with van der Waals surface area (Å²) >= 11 is 0. The molecule has 38 heavy (non-hydrogen) atoms. The van der Waals surface area contributed by atoms with Crippen LogP contribution >= 0.6 is 0 Å². The summed E-state index contributed by atoms with van der Waals surface area (Å²) in [6.45, 7) is 1.72. The van der Waals surface area contributed by atoms with Crippen LogP contribution in [0.2, 0.25) is 0 Å². The Labute approximate surface area is 209 Å². The second kappa shape index (κ2) is 10.3. The van der Waals surface area contributed by atoms with Crippen LogP contribution in [0.4, 0.5) is 39.5 Å². The first-order chi connectivity index (χ1) is 17.9. The highest BCUT2D eigenvalue weighted by Gasteiger charge is 2.40. The molecule has 4 aromatic carbocycles. The molecule has 0 unspecified atom stereocenters. The number of ether oxygens (including phenoxy) is 2. The van der Waals surface area contributed by atoms with Gasteiger partial charge in [-0.3, -0.25) is 0 Å². The number of benzene rings is 4. The fourth-order valence-corrected chi connectivity index (χ4v) is 3.64. The smallest absolute Gasteiger partial charge is 0.429 e. The third-order valence-corrected chi connectivity index (χ3v) is 5.45. The molecule has 0 saturated carbocycles. The minimum Gasteiger partial charge on any atom is -0.491 e. The van der Waals surface area contributed by atoms with Crippen LogP contribution in [0.25, 0.3) is 22.3 Å². The van der Waals surface area contributed by atoms with Crippen molar-refractivity contribution >= 4 is 0 Å². The highest BCUT2D eigenvalue weighted by Crippen LogP contribution is 2.38. The quantitative estimate of drug-likeness (QED) is 0.172. The Balaban J connectivity index is 1.63. The summed E-state index contributed by atoms with van der Waals surface area (Å²) in [6, 6.07) is 9.10. The maximum atomic E-state index is 14.8. The van der Waals surface area contributed by atoms with E-state index in [0.29, 0.717) is 6.07 Å². The highest BCUT2D eigenvalue weighted by atomic mass is 19.3. The zero-order valence-corrected chi connectivity index (χ0v) is 19.2. The van der Waals surface area contributed by atoms with Crippen LogP contribution in [0.3, 0.4) is 0 Å². The largest absolute Gasteiger partial charge is 0.491 e. The normalized spacial score (nSPS) is 11.5. The molecule has 0 saturated heterocycles. The van der Waals surface area contributed by atoms with Crippen molar-refractivity contribution in [2.24, 2.45) is 0 Å². The summed E-state index contributed by atoms with van der Waals surface area (Å²) in [7, 11) is 0. The molecule has 198 valence electrons. The number of rotatable bonds is 7. The van der Waals surface area contributed by atoms with Crippen molar-refractivity contribution in [2.45, 2.75) is 13.0 Å². The van der Waals surface area contributed by atoms with E-state index in [4.69, 9.17) is 4.74 Å². The third-order valence-electron chi connectivity index (χ3n) is 5.45. The van der Waals surface area contributed by atoms with Crippen LogP contribution in [0.5, 0.6) is 11.5 Å². The lowest BCUT2D eigenvalue weighted by Gasteiger charge is -2.20. The summed E-state index contributed by atoms with van der Waals surface area (Å²) in [5.41, 5.74) is -1.98. The fraction of sp³-hybridized carbons (Fsp3) is 0.111. The van der Waals surface area contributed by atoms with Crippen molar-refractivity contribution in [3.05, 3.63) is 107 Å². The fourth-order valence-electron chi connectivity index (χ4n) is 3.64. The first kappa shape index (κ1) is 26.9. The zero-order chi connectivity index (χ0) is 27.8. The second-order valence-electron chi connectivity index (χ2n) is 7.86. The van der Waals surface area contributed by atoms with Crippen LogP contribution in [0.15, 0.2) is 60.7 Å². The summed E-state index contributed by atoms with van der Waals surface area (Å²) in [6.07, 6.45) is -4.60. The van der Waals surface area contributed by atoms with Gasteiger partial charge in [-0.2, -0.15) is 13.2 Å². The molecule has 0 aliphatic carbocycles. The van der Waals surface area contributed by atoms with Crippen LogP contribution in [-0.4, -0.2) is 6.61 Å². The van der Waals surface area contributed by atoms with Gasteiger partial charge in [0.2, 0.25) is 5.82 Å². The molecule has 0 fully saturated rings. The van der Waals surface area contributed by atoms with Gasteiger partial charge in [0.25, 0.3) is 0 Å². The average molecular weight is 542 g/mol. The Morgan fingerprint density at radius 2 is 1.11 bits per heavy atom. The highest BCUT2D eigenvalue weighted by molar-refractivity contribution is 5.72. The lowest BCUT2D eigenvalue weighted by atomic mass is 9.98. The molecule has 4 aromatic rings. The van der Waals surface area contributed by atoms with E-state index in [9.17, 15) is 39.5 Å². The van der Waals surface area contributed by atoms with E-state index >= 15 is 0 Å². The molecule has 0 amide bonds. The Morgan fingerprint density at radius 1 is 0.605 bits per heavy atom. The predicted molar refractivity (Wildman–Crippen MR) is 119 cm³/mol. The predicted octanol–water partition coefficient (Wildman–Crippen LogP) is 8.52. The van der Waals surface area contributed by atoms with E-state index in [1.54, 1.807) is 6.92 Å². The van der Waals surface area contributed by atoms with Crippen molar-refractivity contribution in [3.8, 4) is 33.8 Å². The first-order valence-electron chi connectivity index (χ1n) is 10.9. The number of alkyl halides is 2. The molecule has 0 atom stereocenters. The monoisotopic (exact) mass is 542 g/mol. The number of halogens is 9. The third kappa shape index (κ3) is 5.00. The van der Waals surface area contributed by atoms with Gasteiger partial charge in [0.1, 0.15) is 11.3 Å². The minimum absolute atomic E-state index is 0.00966. The Kier molecular flexibility index (Phi) is 7.30. The summed E-state index contributed by atoms with van der Waals surface area (Å²) < 4.78 is 136. The van der Waals surface area contributed by atoms with E-state index in [1.165, 1.54) is 36.4 Å². The molecule has 0 spiro atoms. The summed E-state index contributed by atoms with van der Waals surface area (Å²) in [5.74, 6) is -13.1. The summed E-state index contributed by atoms with van der Waals surface area (Å²) in [4.78, 5) is 0.